The van der Waals surface area contributed by atoms with Crippen molar-refractivity contribution in [3.8, 4) is 0 Å². The van der Waals surface area contributed by atoms with Gasteiger partial charge in [0, 0.05) is 18.6 Å². The lowest BCUT2D eigenvalue weighted by molar-refractivity contribution is -0.384. The minimum atomic E-state index is -3.76. The number of nitro benzene ring substituents is 1. The number of nitrogens with zero attached hydrogens (tertiary/aromatic N) is 2. The summed E-state index contributed by atoms with van der Waals surface area (Å²) in [6, 6.07) is 4.37. The highest BCUT2D eigenvalue weighted by Gasteiger charge is 2.43. The summed E-state index contributed by atoms with van der Waals surface area (Å²) < 4.78 is 37.2. The Bertz CT molecular complexity index is 822. The molecule has 0 saturated carbocycles. The van der Waals surface area contributed by atoms with Gasteiger partial charge in [-0.3, -0.25) is 19.2 Å². The Kier molecular flexibility index (Phi) is 6.33. The molecule has 1 fully saturated rings. The number of hydrogen-bond donors (Lipinski definition) is 0. The van der Waals surface area contributed by atoms with E-state index >= 15 is 0 Å². The van der Waals surface area contributed by atoms with Crippen molar-refractivity contribution in [2.24, 2.45) is 0 Å². The molecule has 12 heteroatoms. The molecule has 27 heavy (non-hydrogen) atoms. The van der Waals surface area contributed by atoms with Crippen LogP contribution in [0, 0.1) is 10.1 Å². The fourth-order valence-electron chi connectivity index (χ4n) is 2.62. The van der Waals surface area contributed by atoms with E-state index in [9.17, 15) is 28.1 Å². The zero-order chi connectivity index (χ0) is 20.2. The molecule has 1 aliphatic heterocycles. The monoisotopic (exact) mass is 402 g/mol. The van der Waals surface area contributed by atoms with Gasteiger partial charge < -0.3 is 9.47 Å². The fourth-order valence-corrected chi connectivity index (χ4v) is 3.25. The standard InChI is InChI=1S/C15H18N2O9S/c1-24-14(18)13-7-12(26-27(2,22)23)8-16(13)15(19)25-9-10-3-5-11(6-4-10)17(20)21/h3-6,12-13H,7-9H2,1-2H3/t12-,13-/m0/s1. The zero-order valence-corrected chi connectivity index (χ0v) is 15.4. The quantitative estimate of drug-likeness (QED) is 0.292. The van der Waals surface area contributed by atoms with E-state index in [0.717, 1.165) is 18.3 Å². The summed E-state index contributed by atoms with van der Waals surface area (Å²) in [7, 11) is -2.62. The van der Waals surface area contributed by atoms with Crippen LogP contribution >= 0.6 is 0 Å². The first kappa shape index (κ1) is 20.6. The maximum atomic E-state index is 12.3. The minimum Gasteiger partial charge on any atom is -0.467 e. The number of carbonyl (C=O) groups is 2. The number of methoxy groups -OCH3 is 1. The average molecular weight is 402 g/mol. The number of esters is 1. The van der Waals surface area contributed by atoms with E-state index in [0.29, 0.717) is 5.56 Å². The Labute approximate surface area is 155 Å². The van der Waals surface area contributed by atoms with Crippen molar-refractivity contribution in [3.05, 3.63) is 39.9 Å². The molecule has 2 rings (SSSR count). The van der Waals surface area contributed by atoms with Gasteiger partial charge in [-0.05, 0) is 17.7 Å². The Hall–Kier alpha value is -2.73. The number of hydrogen-bond acceptors (Lipinski definition) is 9. The average Bonchev–Trinajstić information content (AvgIpc) is 3.01. The first-order valence-corrected chi connectivity index (χ1v) is 9.55. The van der Waals surface area contributed by atoms with E-state index in [1.165, 1.54) is 24.3 Å². The lowest BCUT2D eigenvalue weighted by atomic mass is 10.2. The zero-order valence-electron chi connectivity index (χ0n) is 14.6. The third-order valence-electron chi connectivity index (χ3n) is 3.79. The molecule has 0 unspecified atom stereocenters. The Morgan fingerprint density at radius 3 is 2.44 bits per heavy atom. The van der Waals surface area contributed by atoms with E-state index in [1.54, 1.807) is 0 Å². The minimum absolute atomic E-state index is 0.0492. The molecule has 1 amide bonds. The number of amides is 1. The maximum absolute atomic E-state index is 12.3. The van der Waals surface area contributed by atoms with Crippen molar-refractivity contribution in [2.45, 2.75) is 25.2 Å². The second-order valence-electron chi connectivity index (χ2n) is 5.83. The summed E-state index contributed by atoms with van der Waals surface area (Å²) >= 11 is 0. The van der Waals surface area contributed by atoms with E-state index < -0.39 is 39.2 Å². The second kappa shape index (κ2) is 8.31. The number of nitro groups is 1. The van der Waals surface area contributed by atoms with Crippen LogP contribution in [0.4, 0.5) is 10.5 Å². The van der Waals surface area contributed by atoms with E-state index in [-0.39, 0.29) is 25.3 Å². The van der Waals surface area contributed by atoms with Crippen LogP contribution in [-0.4, -0.2) is 62.4 Å². The largest absolute Gasteiger partial charge is 0.467 e. The molecule has 2 atom stereocenters. The number of rotatable bonds is 6. The molecule has 0 spiro atoms. The second-order valence-corrected chi connectivity index (χ2v) is 7.43. The Balaban J connectivity index is 2.03. The van der Waals surface area contributed by atoms with Crippen LogP contribution in [0.25, 0.3) is 0 Å². The van der Waals surface area contributed by atoms with Gasteiger partial charge in [-0.25, -0.2) is 9.59 Å². The summed E-state index contributed by atoms with van der Waals surface area (Å²) in [4.78, 5) is 35.3. The molecule has 0 bridgehead atoms. The predicted molar refractivity (Wildman–Crippen MR) is 90.1 cm³/mol. The number of ether oxygens (including phenoxy) is 2. The van der Waals surface area contributed by atoms with Crippen molar-refractivity contribution >= 4 is 27.9 Å². The van der Waals surface area contributed by atoms with E-state index in [2.05, 4.69) is 4.74 Å². The van der Waals surface area contributed by atoms with Crippen LogP contribution in [0.3, 0.4) is 0 Å². The smallest absolute Gasteiger partial charge is 0.410 e. The molecule has 1 heterocycles. The summed E-state index contributed by atoms with van der Waals surface area (Å²) in [5.41, 5.74) is 0.405. The van der Waals surface area contributed by atoms with Crippen LogP contribution in [0.5, 0.6) is 0 Å². The lowest BCUT2D eigenvalue weighted by Gasteiger charge is -2.21. The van der Waals surface area contributed by atoms with Gasteiger partial charge in [-0.2, -0.15) is 8.42 Å². The van der Waals surface area contributed by atoms with Gasteiger partial charge in [0.2, 0.25) is 0 Å². The van der Waals surface area contributed by atoms with Crippen molar-refractivity contribution in [2.75, 3.05) is 19.9 Å². The molecule has 11 nitrogen and oxygen atoms in total. The molecule has 1 aromatic carbocycles. The lowest BCUT2D eigenvalue weighted by Crippen LogP contribution is -2.41. The number of likely N-dealkylation sites (tertiary alicyclic amines) is 1. The summed E-state index contributed by atoms with van der Waals surface area (Å²) in [5, 5.41) is 10.6. The van der Waals surface area contributed by atoms with Gasteiger partial charge in [0.1, 0.15) is 12.6 Å². The SMILES string of the molecule is COC(=O)[C@@H]1C[C@H](OS(C)(=O)=O)CN1C(=O)OCc1ccc([N+](=O)[O-])cc1. The van der Waals surface area contributed by atoms with Crippen LogP contribution < -0.4 is 0 Å². The molecular formula is C15H18N2O9S. The van der Waals surface area contributed by atoms with Gasteiger partial charge in [-0.15, -0.1) is 0 Å². The van der Waals surface area contributed by atoms with Gasteiger partial charge in [0.05, 0.1) is 30.9 Å². The first-order valence-electron chi connectivity index (χ1n) is 7.73. The molecular weight excluding hydrogens is 384 g/mol. The highest BCUT2D eigenvalue weighted by atomic mass is 32.2. The van der Waals surface area contributed by atoms with Crippen molar-refractivity contribution in [1.29, 1.82) is 0 Å². The fraction of sp³-hybridized carbons (Fsp3) is 0.467. The topological polar surface area (TPSA) is 142 Å². The van der Waals surface area contributed by atoms with E-state index in [1.807, 2.05) is 0 Å². The van der Waals surface area contributed by atoms with Crippen LogP contribution in [0.2, 0.25) is 0 Å². The van der Waals surface area contributed by atoms with Gasteiger partial charge in [-0.1, -0.05) is 0 Å². The third kappa shape index (κ3) is 5.62. The molecule has 1 aliphatic rings. The summed E-state index contributed by atoms with van der Waals surface area (Å²) in [6.45, 7) is -0.343. The van der Waals surface area contributed by atoms with Crippen LogP contribution in [-0.2, 0) is 35.2 Å². The number of benzene rings is 1. The molecule has 0 radical (unpaired) electrons. The maximum Gasteiger partial charge on any atom is 0.410 e. The molecule has 1 saturated heterocycles. The van der Waals surface area contributed by atoms with Crippen molar-refractivity contribution < 1.29 is 36.6 Å². The number of non-ortho nitro benzene ring substituents is 1. The summed E-state index contributed by atoms with van der Waals surface area (Å²) in [5.74, 6) is -0.720. The number of carbonyl (C=O) groups excluding carboxylic acids is 2. The highest BCUT2D eigenvalue weighted by molar-refractivity contribution is 7.86. The van der Waals surface area contributed by atoms with Gasteiger partial charge in [0.25, 0.3) is 15.8 Å². The van der Waals surface area contributed by atoms with Crippen molar-refractivity contribution in [3.63, 3.8) is 0 Å². The third-order valence-corrected chi connectivity index (χ3v) is 4.41. The highest BCUT2D eigenvalue weighted by Crippen LogP contribution is 2.24. The first-order chi connectivity index (χ1) is 12.6. The van der Waals surface area contributed by atoms with Crippen molar-refractivity contribution in [1.82, 2.24) is 4.90 Å². The normalized spacial score (nSPS) is 19.6. The van der Waals surface area contributed by atoms with E-state index in [4.69, 9.17) is 8.92 Å². The van der Waals surface area contributed by atoms with Gasteiger partial charge >= 0.3 is 12.1 Å². The van der Waals surface area contributed by atoms with Crippen LogP contribution in [0.1, 0.15) is 12.0 Å². The molecule has 0 N–H and O–H groups in total. The molecule has 0 aromatic heterocycles. The molecule has 0 aliphatic carbocycles. The Morgan fingerprint density at radius 1 is 1.30 bits per heavy atom. The molecule has 1 aromatic rings. The Morgan fingerprint density at radius 2 is 1.93 bits per heavy atom. The summed E-state index contributed by atoms with van der Waals surface area (Å²) in [6.07, 6.45) is -0.929. The molecule has 148 valence electrons. The predicted octanol–water partition coefficient (Wildman–Crippen LogP) is 0.823. The van der Waals surface area contributed by atoms with Crippen LogP contribution in [0.15, 0.2) is 24.3 Å². The van der Waals surface area contributed by atoms with Gasteiger partial charge in [0.15, 0.2) is 0 Å².